The summed E-state index contributed by atoms with van der Waals surface area (Å²) in [5, 5.41) is 0. The molecule has 0 bridgehead atoms. The van der Waals surface area contributed by atoms with E-state index >= 15 is 0 Å². The topological polar surface area (TPSA) is 86.6 Å². The van der Waals surface area contributed by atoms with Gasteiger partial charge in [-0.05, 0) is 46.7 Å². The first kappa shape index (κ1) is 33.3. The number of aromatic nitrogens is 6. The van der Waals surface area contributed by atoms with E-state index in [0.29, 0.717) is 34.9 Å². The normalized spacial score (nSPS) is 12.8. The molecular formula is C48H27BN6OS2. The fourth-order valence-electron chi connectivity index (χ4n) is 8.09. The van der Waals surface area contributed by atoms with Crippen LogP contribution in [0.5, 0.6) is 11.5 Å². The van der Waals surface area contributed by atoms with Crippen LogP contribution in [-0.2, 0) is 0 Å². The Morgan fingerprint density at radius 3 is 1.05 bits per heavy atom. The molecule has 5 heterocycles. The van der Waals surface area contributed by atoms with Crippen LogP contribution in [0.1, 0.15) is 0 Å². The summed E-state index contributed by atoms with van der Waals surface area (Å²) in [7, 11) is 0. The van der Waals surface area contributed by atoms with Gasteiger partial charge in [-0.25, -0.2) is 29.9 Å². The zero-order chi connectivity index (χ0) is 38.2. The van der Waals surface area contributed by atoms with Crippen molar-refractivity contribution >= 4 is 46.6 Å². The maximum atomic E-state index is 6.65. The molecule has 3 aliphatic rings. The van der Waals surface area contributed by atoms with E-state index < -0.39 is 0 Å². The van der Waals surface area contributed by atoms with Crippen LogP contribution in [0.15, 0.2) is 183 Å². The lowest BCUT2D eigenvalue weighted by molar-refractivity contribution is 0.485. The molecule has 0 fully saturated rings. The van der Waals surface area contributed by atoms with E-state index in [1.165, 1.54) is 16.4 Å². The highest BCUT2D eigenvalue weighted by molar-refractivity contribution is 8.01. The third-order valence-corrected chi connectivity index (χ3v) is 13.1. The fraction of sp³-hybridized carbons (Fsp3) is 0. The van der Waals surface area contributed by atoms with Gasteiger partial charge in [0, 0.05) is 53.0 Å². The van der Waals surface area contributed by atoms with Gasteiger partial charge in [-0.15, -0.1) is 0 Å². The average molecular weight is 779 g/mol. The Morgan fingerprint density at radius 2 is 0.690 bits per heavy atom. The lowest BCUT2D eigenvalue weighted by Gasteiger charge is -2.38. The molecule has 3 aliphatic heterocycles. The highest BCUT2D eigenvalue weighted by atomic mass is 32.2. The Morgan fingerprint density at radius 1 is 0.345 bits per heavy atom. The van der Waals surface area contributed by atoms with Crippen LogP contribution in [-0.4, -0.2) is 36.6 Å². The van der Waals surface area contributed by atoms with Crippen LogP contribution in [0.3, 0.4) is 0 Å². The standard InChI is InChI=1S/C48H27BN6OS2/c1-5-15-28(16-6-1)43-50-44(29-17-7-2-8-18-29)53-47(52-43)32-27-33(48-54-45(30-19-9-3-10-20-30)51-46(55-48)31-21-11-4-12-22-31)42-40-41(32)57-36-25-13-23-34-38(36)49(40)39-35(56-34)24-14-26-37(39)58-42/h1-27H. The molecule has 2 aromatic heterocycles. The molecule has 7 nitrogen and oxygen atoms in total. The summed E-state index contributed by atoms with van der Waals surface area (Å²) in [5.74, 6) is 5.33. The van der Waals surface area contributed by atoms with Crippen LogP contribution in [0.4, 0.5) is 0 Å². The first-order chi connectivity index (χ1) is 28.7. The first-order valence-corrected chi connectivity index (χ1v) is 20.6. The van der Waals surface area contributed by atoms with E-state index in [9.17, 15) is 0 Å². The Bertz CT molecular complexity index is 2780. The highest BCUT2D eigenvalue weighted by Gasteiger charge is 2.46. The Hall–Kier alpha value is -6.88. The van der Waals surface area contributed by atoms with Crippen molar-refractivity contribution in [1.29, 1.82) is 0 Å². The molecule has 0 N–H and O–H groups in total. The van der Waals surface area contributed by atoms with Gasteiger partial charge in [0.25, 0.3) is 6.71 Å². The van der Waals surface area contributed by atoms with E-state index in [1.54, 1.807) is 23.5 Å². The van der Waals surface area contributed by atoms with Gasteiger partial charge in [0.15, 0.2) is 34.9 Å². The van der Waals surface area contributed by atoms with Crippen molar-refractivity contribution in [3.63, 3.8) is 0 Å². The van der Waals surface area contributed by atoms with E-state index in [-0.39, 0.29) is 6.71 Å². The largest absolute Gasteiger partial charge is 0.458 e. The summed E-state index contributed by atoms with van der Waals surface area (Å²) in [6.07, 6.45) is 0. The molecule has 0 atom stereocenters. The minimum Gasteiger partial charge on any atom is -0.458 e. The second-order valence-corrected chi connectivity index (χ2v) is 16.3. The minimum atomic E-state index is -0.0783. The SMILES string of the molecule is c1ccc(-c2nc(-c3ccccc3)nc(-c3cc(-c4nc(-c5ccccc5)nc(-c5ccccc5)n4)c4c5c3Sc3cccc6c3B5c3c(cccc3S4)O6)n2)cc1. The molecule has 0 saturated heterocycles. The molecule has 0 spiro atoms. The summed E-state index contributed by atoms with van der Waals surface area (Å²) >= 11 is 3.50. The second-order valence-electron chi connectivity index (χ2n) is 14.2. The maximum absolute atomic E-state index is 6.65. The number of benzene rings is 7. The molecule has 0 amide bonds. The summed E-state index contributed by atoms with van der Waals surface area (Å²) in [4.78, 5) is 35.7. The Labute approximate surface area is 342 Å². The van der Waals surface area contributed by atoms with Crippen molar-refractivity contribution in [3.8, 4) is 79.8 Å². The van der Waals surface area contributed by atoms with Crippen molar-refractivity contribution < 1.29 is 4.74 Å². The number of hydrogen-bond donors (Lipinski definition) is 0. The Balaban J connectivity index is 1.19. The zero-order valence-electron chi connectivity index (χ0n) is 30.6. The van der Waals surface area contributed by atoms with Crippen molar-refractivity contribution in [2.24, 2.45) is 0 Å². The predicted octanol–water partition coefficient (Wildman–Crippen LogP) is 9.61. The number of hydrogen-bond acceptors (Lipinski definition) is 9. The van der Waals surface area contributed by atoms with Crippen LogP contribution in [0.25, 0.3) is 68.3 Å². The van der Waals surface area contributed by atoms with Gasteiger partial charge in [0.05, 0.1) is 0 Å². The molecule has 9 aromatic rings. The average Bonchev–Trinajstić information content (AvgIpc) is 3.30. The van der Waals surface area contributed by atoms with Crippen LogP contribution in [0.2, 0.25) is 0 Å². The summed E-state index contributed by atoms with van der Waals surface area (Å²) in [6, 6.07) is 55.4. The number of rotatable bonds is 6. The van der Waals surface area contributed by atoms with Gasteiger partial charge in [-0.3, -0.25) is 0 Å². The molecule has 0 aliphatic carbocycles. The van der Waals surface area contributed by atoms with Gasteiger partial charge in [-0.1, -0.05) is 157 Å². The molecule has 0 unspecified atom stereocenters. The van der Waals surface area contributed by atoms with E-state index in [2.05, 4.69) is 42.5 Å². The van der Waals surface area contributed by atoms with Gasteiger partial charge < -0.3 is 4.74 Å². The predicted molar refractivity (Wildman–Crippen MR) is 232 cm³/mol. The lowest BCUT2D eigenvalue weighted by Crippen LogP contribution is -2.60. The van der Waals surface area contributed by atoms with Crippen molar-refractivity contribution in [1.82, 2.24) is 29.9 Å². The van der Waals surface area contributed by atoms with E-state index in [4.69, 9.17) is 34.6 Å². The maximum Gasteiger partial charge on any atom is 0.256 e. The number of nitrogens with zero attached hydrogens (tertiary/aromatic N) is 6. The lowest BCUT2D eigenvalue weighted by atomic mass is 9.35. The van der Waals surface area contributed by atoms with Crippen molar-refractivity contribution in [2.75, 3.05) is 0 Å². The molecule has 0 saturated carbocycles. The van der Waals surface area contributed by atoms with Crippen molar-refractivity contribution in [3.05, 3.63) is 164 Å². The summed E-state index contributed by atoms with van der Waals surface area (Å²) in [6.45, 7) is -0.0783. The van der Waals surface area contributed by atoms with Crippen LogP contribution in [0, 0.1) is 0 Å². The quantitative estimate of drug-likeness (QED) is 0.153. The third-order valence-electron chi connectivity index (χ3n) is 10.7. The van der Waals surface area contributed by atoms with Gasteiger partial charge >= 0.3 is 0 Å². The summed E-state index contributed by atoms with van der Waals surface area (Å²) < 4.78 is 6.65. The molecule has 10 heteroatoms. The third kappa shape index (κ3) is 5.40. The fourth-order valence-corrected chi connectivity index (χ4v) is 10.7. The van der Waals surface area contributed by atoms with Crippen LogP contribution < -0.4 is 21.1 Å². The van der Waals surface area contributed by atoms with Gasteiger partial charge in [-0.2, -0.15) is 0 Å². The monoisotopic (exact) mass is 778 g/mol. The Kier molecular flexibility index (Phi) is 7.67. The molecule has 58 heavy (non-hydrogen) atoms. The molecule has 270 valence electrons. The van der Waals surface area contributed by atoms with Crippen LogP contribution >= 0.6 is 23.5 Å². The van der Waals surface area contributed by atoms with Gasteiger partial charge in [0.2, 0.25) is 0 Å². The minimum absolute atomic E-state index is 0.0783. The van der Waals surface area contributed by atoms with E-state index in [1.807, 2.05) is 121 Å². The van der Waals surface area contributed by atoms with Gasteiger partial charge in [0.1, 0.15) is 11.5 Å². The van der Waals surface area contributed by atoms with E-state index in [0.717, 1.165) is 64.5 Å². The molecule has 12 rings (SSSR count). The summed E-state index contributed by atoms with van der Waals surface area (Å²) in [5.41, 5.74) is 8.98. The van der Waals surface area contributed by atoms with Crippen molar-refractivity contribution in [2.45, 2.75) is 19.6 Å². The smallest absolute Gasteiger partial charge is 0.256 e. The zero-order valence-corrected chi connectivity index (χ0v) is 32.2. The molecule has 0 radical (unpaired) electrons. The first-order valence-electron chi connectivity index (χ1n) is 19.0. The molecule has 7 aromatic carbocycles. The number of ether oxygens (including phenoxy) is 1. The highest BCUT2D eigenvalue weighted by Crippen LogP contribution is 2.49. The second kappa shape index (κ2) is 13.4. The molecular weight excluding hydrogens is 752 g/mol.